The van der Waals surface area contributed by atoms with Gasteiger partial charge in [-0.1, -0.05) is 48.5 Å². The zero-order valence-corrected chi connectivity index (χ0v) is 15.1. The zero-order chi connectivity index (χ0) is 18.9. The van der Waals surface area contributed by atoms with Crippen molar-refractivity contribution in [2.45, 2.75) is 6.61 Å². The summed E-state index contributed by atoms with van der Waals surface area (Å²) >= 11 is 0. The summed E-state index contributed by atoms with van der Waals surface area (Å²) in [6.45, 7) is 0.527. The Balaban J connectivity index is 1.53. The number of anilines is 1. The SMILES string of the molecule is COc1cccc(NC(=O)/C=C/c2ccc(OCc3ccccc3)cc2)c1. The molecule has 0 heterocycles. The maximum atomic E-state index is 12.0. The minimum absolute atomic E-state index is 0.201. The van der Waals surface area contributed by atoms with Crippen molar-refractivity contribution in [3.05, 3.63) is 96.1 Å². The molecule has 0 aliphatic carbocycles. The lowest BCUT2D eigenvalue weighted by molar-refractivity contribution is -0.111. The van der Waals surface area contributed by atoms with Gasteiger partial charge in [0.25, 0.3) is 0 Å². The van der Waals surface area contributed by atoms with Crippen molar-refractivity contribution in [1.29, 1.82) is 0 Å². The van der Waals surface area contributed by atoms with Gasteiger partial charge in [-0.25, -0.2) is 0 Å². The first-order valence-electron chi connectivity index (χ1n) is 8.63. The standard InChI is InChI=1S/C23H21NO3/c1-26-22-9-5-8-20(16-22)24-23(25)15-12-18-10-13-21(14-11-18)27-17-19-6-3-2-4-7-19/h2-16H,17H2,1H3,(H,24,25)/b15-12+. The predicted molar refractivity (Wildman–Crippen MR) is 108 cm³/mol. The molecule has 0 unspecified atom stereocenters. The second kappa shape index (κ2) is 9.25. The molecule has 4 nitrogen and oxygen atoms in total. The Labute approximate surface area is 159 Å². The van der Waals surface area contributed by atoms with E-state index in [-0.39, 0.29) is 5.91 Å². The van der Waals surface area contributed by atoms with Crippen LogP contribution in [-0.4, -0.2) is 13.0 Å². The normalized spacial score (nSPS) is 10.6. The van der Waals surface area contributed by atoms with Crippen molar-refractivity contribution in [3.8, 4) is 11.5 Å². The summed E-state index contributed by atoms with van der Waals surface area (Å²) < 4.78 is 10.9. The number of nitrogens with one attached hydrogen (secondary N) is 1. The Morgan fingerprint density at radius 3 is 2.44 bits per heavy atom. The van der Waals surface area contributed by atoms with Gasteiger partial charge in [0.1, 0.15) is 18.1 Å². The molecule has 0 aliphatic rings. The van der Waals surface area contributed by atoms with E-state index < -0.39 is 0 Å². The molecule has 0 saturated carbocycles. The molecular formula is C23H21NO3. The van der Waals surface area contributed by atoms with Gasteiger partial charge in [0.05, 0.1) is 7.11 Å². The summed E-state index contributed by atoms with van der Waals surface area (Å²) in [6.07, 6.45) is 3.26. The molecule has 3 aromatic carbocycles. The topological polar surface area (TPSA) is 47.6 Å². The highest BCUT2D eigenvalue weighted by atomic mass is 16.5. The van der Waals surface area contributed by atoms with Crippen LogP contribution in [0.3, 0.4) is 0 Å². The largest absolute Gasteiger partial charge is 0.497 e. The number of carbonyl (C=O) groups is 1. The van der Waals surface area contributed by atoms with E-state index in [4.69, 9.17) is 9.47 Å². The van der Waals surface area contributed by atoms with E-state index in [1.807, 2.05) is 72.8 Å². The molecule has 0 saturated heterocycles. The zero-order valence-electron chi connectivity index (χ0n) is 15.1. The summed E-state index contributed by atoms with van der Waals surface area (Å²) in [5.74, 6) is 1.28. The van der Waals surface area contributed by atoms with Gasteiger partial charge >= 0.3 is 0 Å². The molecule has 0 radical (unpaired) electrons. The number of rotatable bonds is 7. The van der Waals surface area contributed by atoms with Crippen LogP contribution in [0, 0.1) is 0 Å². The van der Waals surface area contributed by atoms with E-state index in [0.29, 0.717) is 18.0 Å². The van der Waals surface area contributed by atoms with Gasteiger partial charge in [-0.3, -0.25) is 4.79 Å². The number of hydrogen-bond donors (Lipinski definition) is 1. The predicted octanol–water partition coefficient (Wildman–Crippen LogP) is 4.93. The molecule has 4 heteroatoms. The first-order chi connectivity index (χ1) is 13.2. The molecule has 136 valence electrons. The first kappa shape index (κ1) is 18.3. The second-order valence-corrected chi connectivity index (χ2v) is 5.90. The number of methoxy groups -OCH3 is 1. The third-order valence-corrected chi connectivity index (χ3v) is 3.89. The third-order valence-electron chi connectivity index (χ3n) is 3.89. The highest BCUT2D eigenvalue weighted by Crippen LogP contribution is 2.17. The van der Waals surface area contributed by atoms with E-state index >= 15 is 0 Å². The summed E-state index contributed by atoms with van der Waals surface area (Å²) in [7, 11) is 1.59. The van der Waals surface area contributed by atoms with Crippen molar-refractivity contribution >= 4 is 17.7 Å². The minimum Gasteiger partial charge on any atom is -0.497 e. The van der Waals surface area contributed by atoms with Crippen LogP contribution in [0.15, 0.2) is 84.9 Å². The van der Waals surface area contributed by atoms with Crippen LogP contribution < -0.4 is 14.8 Å². The molecule has 27 heavy (non-hydrogen) atoms. The number of amides is 1. The van der Waals surface area contributed by atoms with Crippen LogP contribution in [0.1, 0.15) is 11.1 Å². The lowest BCUT2D eigenvalue weighted by Crippen LogP contribution is -2.07. The fourth-order valence-corrected chi connectivity index (χ4v) is 2.47. The Bertz CT molecular complexity index is 902. The molecule has 0 aromatic heterocycles. The van der Waals surface area contributed by atoms with Crippen molar-refractivity contribution in [2.75, 3.05) is 12.4 Å². The summed E-state index contributed by atoms with van der Waals surface area (Å²) in [5, 5.41) is 2.81. The Morgan fingerprint density at radius 2 is 1.70 bits per heavy atom. The van der Waals surface area contributed by atoms with Crippen LogP contribution in [0.4, 0.5) is 5.69 Å². The van der Waals surface area contributed by atoms with Crippen LogP contribution in [0.5, 0.6) is 11.5 Å². The van der Waals surface area contributed by atoms with Crippen LogP contribution in [-0.2, 0) is 11.4 Å². The molecule has 3 rings (SSSR count). The highest BCUT2D eigenvalue weighted by Gasteiger charge is 2.00. The fourth-order valence-electron chi connectivity index (χ4n) is 2.47. The summed E-state index contributed by atoms with van der Waals surface area (Å²) in [6, 6.07) is 24.9. The van der Waals surface area contributed by atoms with E-state index in [1.165, 1.54) is 6.08 Å². The molecule has 3 aromatic rings. The van der Waals surface area contributed by atoms with Crippen molar-refractivity contribution in [1.82, 2.24) is 0 Å². The molecule has 0 spiro atoms. The maximum absolute atomic E-state index is 12.0. The number of carbonyl (C=O) groups excluding carboxylic acids is 1. The smallest absolute Gasteiger partial charge is 0.248 e. The van der Waals surface area contributed by atoms with Crippen LogP contribution in [0.2, 0.25) is 0 Å². The van der Waals surface area contributed by atoms with E-state index in [0.717, 1.165) is 16.9 Å². The van der Waals surface area contributed by atoms with E-state index in [9.17, 15) is 4.79 Å². The van der Waals surface area contributed by atoms with Gasteiger partial charge in [0, 0.05) is 17.8 Å². The van der Waals surface area contributed by atoms with Crippen LogP contribution >= 0.6 is 0 Å². The van der Waals surface area contributed by atoms with Gasteiger partial charge in [-0.2, -0.15) is 0 Å². The number of ether oxygens (including phenoxy) is 2. The summed E-state index contributed by atoms with van der Waals surface area (Å²) in [4.78, 5) is 12.0. The molecule has 0 fully saturated rings. The highest BCUT2D eigenvalue weighted by molar-refractivity contribution is 6.02. The second-order valence-electron chi connectivity index (χ2n) is 5.90. The fraction of sp³-hybridized carbons (Fsp3) is 0.0870. The monoisotopic (exact) mass is 359 g/mol. The molecule has 1 N–H and O–H groups in total. The van der Waals surface area contributed by atoms with Crippen LogP contribution in [0.25, 0.3) is 6.08 Å². The third kappa shape index (κ3) is 5.75. The molecule has 0 atom stereocenters. The number of benzene rings is 3. The Kier molecular flexibility index (Phi) is 6.26. The Hall–Kier alpha value is -3.53. The average Bonchev–Trinajstić information content (AvgIpc) is 2.72. The molecule has 1 amide bonds. The van der Waals surface area contributed by atoms with Gasteiger partial charge in [0.2, 0.25) is 5.91 Å². The van der Waals surface area contributed by atoms with Crippen molar-refractivity contribution < 1.29 is 14.3 Å². The van der Waals surface area contributed by atoms with E-state index in [2.05, 4.69) is 5.32 Å². The average molecular weight is 359 g/mol. The quantitative estimate of drug-likeness (QED) is 0.609. The van der Waals surface area contributed by atoms with Gasteiger partial charge < -0.3 is 14.8 Å². The summed E-state index contributed by atoms with van der Waals surface area (Å²) in [5.41, 5.74) is 2.73. The minimum atomic E-state index is -0.201. The Morgan fingerprint density at radius 1 is 0.926 bits per heavy atom. The van der Waals surface area contributed by atoms with Gasteiger partial charge in [0.15, 0.2) is 0 Å². The lowest BCUT2D eigenvalue weighted by Gasteiger charge is -2.06. The van der Waals surface area contributed by atoms with Crippen molar-refractivity contribution in [3.63, 3.8) is 0 Å². The first-order valence-corrected chi connectivity index (χ1v) is 8.63. The number of hydrogen-bond acceptors (Lipinski definition) is 3. The lowest BCUT2D eigenvalue weighted by atomic mass is 10.2. The van der Waals surface area contributed by atoms with E-state index in [1.54, 1.807) is 19.3 Å². The van der Waals surface area contributed by atoms with Crippen molar-refractivity contribution in [2.24, 2.45) is 0 Å². The molecule has 0 bridgehead atoms. The van der Waals surface area contributed by atoms with Gasteiger partial charge in [-0.05, 0) is 41.5 Å². The maximum Gasteiger partial charge on any atom is 0.248 e. The molecule has 0 aliphatic heterocycles. The molecular weight excluding hydrogens is 338 g/mol. The van der Waals surface area contributed by atoms with Gasteiger partial charge in [-0.15, -0.1) is 0 Å².